The van der Waals surface area contributed by atoms with Crippen LogP contribution in [0.2, 0.25) is 0 Å². The van der Waals surface area contributed by atoms with Crippen LogP contribution >= 0.6 is 0 Å². The van der Waals surface area contributed by atoms with Crippen molar-refractivity contribution in [3.05, 3.63) is 23.9 Å². The molecule has 1 aromatic rings. The number of halogens is 3. The fourth-order valence-electron chi connectivity index (χ4n) is 1.70. The van der Waals surface area contributed by atoms with Gasteiger partial charge in [-0.05, 0) is 51.6 Å². The normalized spacial score (nSPS) is 14.8. The molecule has 9 heteroatoms. The molecule has 0 radical (unpaired) electrons. The molecule has 0 aliphatic carbocycles. The second-order valence-electron chi connectivity index (χ2n) is 6.62. The smallest absolute Gasteiger partial charge is 0.311 e. The number of nitrogens with one attached hydrogen (secondary N) is 2. The summed E-state index contributed by atoms with van der Waals surface area (Å²) in [5.74, 6) is 3.44. The van der Waals surface area contributed by atoms with E-state index in [4.69, 9.17) is 0 Å². The Morgan fingerprint density at radius 3 is 2.36 bits per heavy atom. The Hall–Kier alpha value is -1.61. The third-order valence-electron chi connectivity index (χ3n) is 3.51. The van der Waals surface area contributed by atoms with Crippen LogP contribution in [0, 0.1) is 0 Å². The fourth-order valence-corrected chi connectivity index (χ4v) is 2.61. The molecule has 0 aromatic carbocycles. The van der Waals surface area contributed by atoms with Gasteiger partial charge in [0, 0.05) is 33.6 Å². The van der Waals surface area contributed by atoms with Crippen molar-refractivity contribution >= 4 is 27.3 Å². The molecule has 0 aliphatic rings. The molecule has 0 fully saturated rings. The van der Waals surface area contributed by atoms with Gasteiger partial charge in [0.25, 0.3) is 0 Å². The maximum absolute atomic E-state index is 12.4. The topological polar surface area (TPSA) is 71.1 Å². The molecule has 0 aliphatic heterocycles. The molecule has 0 spiro atoms. The maximum atomic E-state index is 12.4. The van der Waals surface area contributed by atoms with Crippen molar-refractivity contribution in [2.75, 3.05) is 11.9 Å². The van der Waals surface area contributed by atoms with Crippen LogP contribution in [0.3, 0.4) is 0 Å². The molecule has 1 atom stereocenters. The summed E-state index contributed by atoms with van der Waals surface area (Å²) >= 11 is 0. The predicted octanol–water partition coefficient (Wildman–Crippen LogP) is 3.23. The average Bonchev–Trinajstić information content (AvgIpc) is 2.45. The zero-order chi connectivity index (χ0) is 19.3. The third kappa shape index (κ3) is 7.03. The minimum absolute atomic E-state index is 0.0737. The average molecular weight is 379 g/mol. The van der Waals surface area contributed by atoms with Gasteiger partial charge in [-0.1, -0.05) is 0 Å². The minimum Gasteiger partial charge on any atom is -0.311 e. The number of rotatable bonds is 7. The fraction of sp³-hybridized carbons (Fsp3) is 0.562. The van der Waals surface area contributed by atoms with Crippen molar-refractivity contribution in [2.24, 2.45) is 0 Å². The van der Waals surface area contributed by atoms with E-state index < -0.39 is 26.2 Å². The van der Waals surface area contributed by atoms with E-state index in [9.17, 15) is 22.2 Å². The molecule has 1 aromatic heterocycles. The van der Waals surface area contributed by atoms with Crippen LogP contribution in [-0.2, 0) is 20.7 Å². The highest BCUT2D eigenvalue weighted by Crippen LogP contribution is 2.28. The summed E-state index contributed by atoms with van der Waals surface area (Å²) in [7, 11) is -2.42. The summed E-state index contributed by atoms with van der Waals surface area (Å²) in [4.78, 5) is 15.3. The molecule has 0 saturated carbocycles. The Bertz CT molecular complexity index is 678. The SMILES string of the molecule is C=S(=O)(NCCCCC(=O)Nc1ccc(C(F)(F)F)cn1)C(C)(C)C. The Kier molecular flexibility index (Phi) is 7.01. The third-order valence-corrected chi connectivity index (χ3v) is 6.16. The van der Waals surface area contributed by atoms with Crippen molar-refractivity contribution in [2.45, 2.75) is 51.0 Å². The lowest BCUT2D eigenvalue weighted by Crippen LogP contribution is -2.39. The number of alkyl halides is 3. The zero-order valence-corrected chi connectivity index (χ0v) is 15.4. The molecule has 0 saturated heterocycles. The van der Waals surface area contributed by atoms with E-state index in [0.717, 1.165) is 12.1 Å². The zero-order valence-electron chi connectivity index (χ0n) is 14.6. The van der Waals surface area contributed by atoms with E-state index in [2.05, 4.69) is 20.9 Å². The quantitative estimate of drug-likeness (QED) is 0.564. The largest absolute Gasteiger partial charge is 0.417 e. The molecule has 142 valence electrons. The van der Waals surface area contributed by atoms with Crippen LogP contribution in [0.25, 0.3) is 0 Å². The Morgan fingerprint density at radius 1 is 1.24 bits per heavy atom. The summed E-state index contributed by atoms with van der Waals surface area (Å²) < 4.78 is 52.0. The van der Waals surface area contributed by atoms with Crippen LogP contribution in [0.1, 0.15) is 45.6 Å². The van der Waals surface area contributed by atoms with Gasteiger partial charge in [-0.25, -0.2) is 9.71 Å². The van der Waals surface area contributed by atoms with Gasteiger partial charge in [-0.2, -0.15) is 13.2 Å². The predicted molar refractivity (Wildman–Crippen MR) is 94.7 cm³/mol. The van der Waals surface area contributed by atoms with E-state index in [1.165, 1.54) is 0 Å². The first-order valence-corrected chi connectivity index (χ1v) is 9.50. The van der Waals surface area contributed by atoms with Crippen molar-refractivity contribution < 1.29 is 22.2 Å². The highest BCUT2D eigenvalue weighted by atomic mass is 32.2. The minimum atomic E-state index is -4.46. The number of aromatic nitrogens is 1. The number of carbonyl (C=O) groups is 1. The molecule has 1 unspecified atom stereocenters. The molecule has 2 N–H and O–H groups in total. The van der Waals surface area contributed by atoms with E-state index in [-0.39, 0.29) is 18.1 Å². The molecule has 0 bridgehead atoms. The lowest BCUT2D eigenvalue weighted by Gasteiger charge is -2.25. The summed E-state index contributed by atoms with van der Waals surface area (Å²) in [6.07, 6.45) is -2.42. The molecule has 1 amide bonds. The number of nitrogens with zero attached hydrogens (tertiary/aromatic N) is 1. The number of carbonyl (C=O) groups excluding carboxylic acids is 1. The molecule has 1 heterocycles. The summed E-state index contributed by atoms with van der Waals surface area (Å²) in [5.41, 5.74) is -0.868. The maximum Gasteiger partial charge on any atom is 0.417 e. The van der Waals surface area contributed by atoms with Gasteiger partial charge in [0.05, 0.1) is 5.56 Å². The number of hydrogen-bond acceptors (Lipinski definition) is 3. The van der Waals surface area contributed by atoms with Crippen molar-refractivity contribution in [1.82, 2.24) is 9.71 Å². The number of amides is 1. The van der Waals surface area contributed by atoms with Crippen molar-refractivity contribution in [1.29, 1.82) is 0 Å². The van der Waals surface area contributed by atoms with E-state index in [1.807, 2.05) is 20.8 Å². The van der Waals surface area contributed by atoms with Crippen LogP contribution in [0.15, 0.2) is 18.3 Å². The highest BCUT2D eigenvalue weighted by molar-refractivity contribution is 7.99. The lowest BCUT2D eigenvalue weighted by molar-refractivity contribution is -0.137. The van der Waals surface area contributed by atoms with Crippen LogP contribution in [-0.4, -0.2) is 32.3 Å². The summed E-state index contributed by atoms with van der Waals surface area (Å²) in [6, 6.07) is 1.98. The number of anilines is 1. The molecule has 25 heavy (non-hydrogen) atoms. The van der Waals surface area contributed by atoms with E-state index >= 15 is 0 Å². The van der Waals surface area contributed by atoms with E-state index in [1.54, 1.807) is 0 Å². The number of pyridine rings is 1. The number of hydrogen-bond donors (Lipinski definition) is 2. The lowest BCUT2D eigenvalue weighted by atomic mass is 10.2. The molecule has 1 rings (SSSR count). The summed E-state index contributed by atoms with van der Waals surface area (Å²) in [5, 5.41) is 2.45. The van der Waals surface area contributed by atoms with Gasteiger partial charge in [-0.3, -0.25) is 9.00 Å². The number of unbranched alkanes of at least 4 members (excludes halogenated alkanes) is 1. The van der Waals surface area contributed by atoms with Crippen molar-refractivity contribution in [3.63, 3.8) is 0 Å². The van der Waals surface area contributed by atoms with Crippen LogP contribution < -0.4 is 10.0 Å². The Morgan fingerprint density at radius 2 is 1.88 bits per heavy atom. The van der Waals surface area contributed by atoms with Crippen LogP contribution in [0.4, 0.5) is 19.0 Å². The molecular weight excluding hydrogens is 355 g/mol. The van der Waals surface area contributed by atoms with Gasteiger partial charge >= 0.3 is 6.18 Å². The van der Waals surface area contributed by atoms with Gasteiger partial charge < -0.3 is 5.32 Å². The first kappa shape index (κ1) is 21.4. The van der Waals surface area contributed by atoms with Gasteiger partial charge in [0.1, 0.15) is 5.82 Å². The Labute approximate surface area is 146 Å². The molecule has 5 nitrogen and oxygen atoms in total. The van der Waals surface area contributed by atoms with Gasteiger partial charge in [-0.15, -0.1) is 0 Å². The summed E-state index contributed by atoms with van der Waals surface area (Å²) in [6.45, 7) is 5.96. The first-order chi connectivity index (χ1) is 11.3. The van der Waals surface area contributed by atoms with Gasteiger partial charge in [0.2, 0.25) is 5.91 Å². The van der Waals surface area contributed by atoms with E-state index in [0.29, 0.717) is 25.6 Å². The highest BCUT2D eigenvalue weighted by Gasteiger charge is 2.30. The first-order valence-electron chi connectivity index (χ1n) is 7.77. The van der Waals surface area contributed by atoms with Gasteiger partial charge in [0.15, 0.2) is 0 Å². The Balaban J connectivity index is 2.34. The second-order valence-corrected chi connectivity index (χ2v) is 9.48. The second kappa shape index (κ2) is 8.18. The monoisotopic (exact) mass is 379 g/mol. The van der Waals surface area contributed by atoms with Crippen molar-refractivity contribution in [3.8, 4) is 0 Å². The standard InChI is InChI=1S/C16H24F3N3O2S/c1-15(2,3)25(4,24)21-10-6-5-7-14(23)22-13-9-8-12(11-20-13)16(17,18)19/h8-9,11H,4-7,10H2,1-3H3,(H,21,24)(H,20,22,23). The molecular formula is C16H24F3N3O2S. The van der Waals surface area contributed by atoms with Crippen LogP contribution in [0.5, 0.6) is 0 Å².